The minimum Gasteiger partial charge on any atom is -0.398 e. The summed E-state index contributed by atoms with van der Waals surface area (Å²) in [4.78, 5) is 6.23. The van der Waals surface area contributed by atoms with Crippen LogP contribution in [-0.2, 0) is 0 Å². The summed E-state index contributed by atoms with van der Waals surface area (Å²) in [6.45, 7) is 2.29. The highest BCUT2D eigenvalue weighted by atomic mass is 14.9. The maximum Gasteiger partial charge on any atom is 0.137 e. The average Bonchev–Trinajstić information content (AvgIpc) is 3.24. The number of nitrogens with two attached hydrogens (primary N) is 1. The van der Waals surface area contributed by atoms with Crippen molar-refractivity contribution in [2.45, 2.75) is 44.4 Å². The van der Waals surface area contributed by atoms with Crippen LogP contribution in [0.5, 0.6) is 0 Å². The van der Waals surface area contributed by atoms with E-state index in [1.54, 1.807) is 0 Å². The molecule has 1 aromatic heterocycles. The van der Waals surface area contributed by atoms with E-state index in [1.165, 1.54) is 67.7 Å². The second kappa shape index (κ2) is 9.21. The van der Waals surface area contributed by atoms with Crippen LogP contribution in [0.1, 0.15) is 61.3 Å². The van der Waals surface area contributed by atoms with Crippen LogP contribution < -0.4 is 11.1 Å². The molecule has 0 bridgehead atoms. The summed E-state index contributed by atoms with van der Waals surface area (Å²) in [6, 6.07) is 8.60. The van der Waals surface area contributed by atoms with Gasteiger partial charge < -0.3 is 16.0 Å². The monoisotopic (exact) mass is 349 g/mol. The largest absolute Gasteiger partial charge is 0.398 e. The molecule has 0 spiro atoms. The third-order valence-electron chi connectivity index (χ3n) is 5.14. The molecule has 2 heterocycles. The van der Waals surface area contributed by atoms with E-state index in [-0.39, 0.29) is 0 Å². The zero-order valence-corrected chi connectivity index (χ0v) is 15.2. The molecule has 136 valence electrons. The highest BCUT2D eigenvalue weighted by molar-refractivity contribution is 5.76. The molecule has 0 unspecified atom stereocenters. The molecule has 4 rings (SSSR count). The number of nitriles is 1. The lowest BCUT2D eigenvalue weighted by atomic mass is 9.86. The van der Waals surface area contributed by atoms with Crippen LogP contribution >= 0.6 is 0 Å². The highest BCUT2D eigenvalue weighted by Crippen LogP contribution is 2.34. The van der Waals surface area contributed by atoms with Crippen LogP contribution in [0.3, 0.4) is 0 Å². The van der Waals surface area contributed by atoms with Gasteiger partial charge in [-0.05, 0) is 80.8 Å². The lowest BCUT2D eigenvalue weighted by molar-refractivity contribution is 0.460. The summed E-state index contributed by atoms with van der Waals surface area (Å²) in [5.41, 5.74) is 11.9. The van der Waals surface area contributed by atoms with Crippen LogP contribution in [0.4, 0.5) is 5.69 Å². The highest BCUT2D eigenvalue weighted by Gasteiger charge is 2.17. The summed E-state index contributed by atoms with van der Waals surface area (Å²) in [7, 11) is 0. The summed E-state index contributed by atoms with van der Waals surface area (Å²) in [5, 5.41) is 11.5. The number of allylic oxidation sites excluding steroid dienone is 2. The molecule has 1 aliphatic carbocycles. The molecule has 1 aromatic carbocycles. The minimum absolute atomic E-state index is 0.500. The van der Waals surface area contributed by atoms with Crippen molar-refractivity contribution in [1.82, 2.24) is 15.3 Å². The first-order valence-electron chi connectivity index (χ1n) is 9.46. The quantitative estimate of drug-likeness (QED) is 0.715. The second-order valence-electron chi connectivity index (χ2n) is 6.92. The number of imidazole rings is 1. The summed E-state index contributed by atoms with van der Waals surface area (Å²) < 4.78 is 0. The number of rotatable bonds is 2. The molecule has 1 saturated heterocycles. The number of benzene rings is 1. The summed E-state index contributed by atoms with van der Waals surface area (Å²) in [6.07, 6.45) is 12.9. The van der Waals surface area contributed by atoms with E-state index in [4.69, 9.17) is 11.0 Å². The van der Waals surface area contributed by atoms with E-state index in [0.29, 0.717) is 11.6 Å². The maximum absolute atomic E-state index is 8.11. The van der Waals surface area contributed by atoms with E-state index >= 15 is 0 Å². The molecule has 0 amide bonds. The molecular weight excluding hydrogens is 322 g/mol. The van der Waals surface area contributed by atoms with E-state index < -0.39 is 0 Å². The van der Waals surface area contributed by atoms with Crippen LogP contribution in [0, 0.1) is 11.3 Å². The summed E-state index contributed by atoms with van der Waals surface area (Å²) in [5.74, 6) is 0.713. The van der Waals surface area contributed by atoms with Gasteiger partial charge in [-0.3, -0.25) is 0 Å². The van der Waals surface area contributed by atoms with Crippen LogP contribution in [0.15, 0.2) is 36.8 Å². The number of nitrogens with zero attached hydrogens (tertiary/aromatic N) is 2. The molecule has 5 heteroatoms. The van der Waals surface area contributed by atoms with Crippen molar-refractivity contribution in [1.29, 1.82) is 5.26 Å². The fraction of sp³-hybridized carbons (Fsp3) is 0.429. The zero-order valence-electron chi connectivity index (χ0n) is 15.2. The van der Waals surface area contributed by atoms with Crippen LogP contribution in [0.25, 0.3) is 5.57 Å². The Balaban J connectivity index is 0.000000236. The topological polar surface area (TPSA) is 90.5 Å². The van der Waals surface area contributed by atoms with Crippen molar-refractivity contribution >= 4 is 11.3 Å². The van der Waals surface area contributed by atoms with Crippen LogP contribution in [0.2, 0.25) is 0 Å². The normalized spacial score (nSPS) is 17.6. The number of hydrogen-bond donors (Lipinski definition) is 3. The Morgan fingerprint density at radius 1 is 1.19 bits per heavy atom. The number of H-pyrrole nitrogens is 1. The molecular formula is C21H27N5. The molecule has 26 heavy (non-hydrogen) atoms. The van der Waals surface area contributed by atoms with E-state index in [0.717, 1.165) is 18.8 Å². The van der Waals surface area contributed by atoms with Gasteiger partial charge in [-0.15, -0.1) is 0 Å². The predicted octanol–water partition coefficient (Wildman–Crippen LogP) is 3.97. The zero-order chi connectivity index (χ0) is 18.2. The van der Waals surface area contributed by atoms with Crippen molar-refractivity contribution in [2.24, 2.45) is 0 Å². The Hall–Kier alpha value is -2.58. The standard InChI is InChI=1S/C17H24N2.C4H3N3/c18-17-7-6-15(13-8-10-19-11-9-13)12-16(17)14-4-2-1-3-5-14;5-1-4-2-6-3-7-4/h4,6-7,12-13,19H,1-3,5,8-11,18H2;2-3H,(H,6,7). The molecule has 0 saturated carbocycles. The third kappa shape index (κ3) is 4.74. The van der Waals surface area contributed by atoms with Gasteiger partial charge in [0.2, 0.25) is 0 Å². The Kier molecular flexibility index (Phi) is 6.45. The van der Waals surface area contributed by atoms with E-state index in [2.05, 4.69) is 39.6 Å². The first-order valence-corrected chi connectivity index (χ1v) is 9.46. The lowest BCUT2D eigenvalue weighted by Crippen LogP contribution is -2.26. The van der Waals surface area contributed by atoms with Gasteiger partial charge in [0.15, 0.2) is 0 Å². The molecule has 4 N–H and O–H groups in total. The van der Waals surface area contributed by atoms with Crippen molar-refractivity contribution in [3.05, 3.63) is 53.6 Å². The lowest BCUT2D eigenvalue weighted by Gasteiger charge is -2.24. The molecule has 5 nitrogen and oxygen atoms in total. The molecule has 1 aliphatic heterocycles. The van der Waals surface area contributed by atoms with Crippen molar-refractivity contribution < 1.29 is 0 Å². The van der Waals surface area contributed by atoms with Gasteiger partial charge in [-0.2, -0.15) is 5.26 Å². The van der Waals surface area contributed by atoms with Gasteiger partial charge in [-0.1, -0.05) is 12.1 Å². The molecule has 0 radical (unpaired) electrons. The fourth-order valence-corrected chi connectivity index (χ4v) is 3.66. The van der Waals surface area contributed by atoms with Crippen molar-refractivity contribution in [3.8, 4) is 6.07 Å². The number of nitrogen functional groups attached to an aromatic ring is 1. The fourth-order valence-electron chi connectivity index (χ4n) is 3.66. The number of aromatic amines is 1. The molecule has 2 aromatic rings. The van der Waals surface area contributed by atoms with Gasteiger partial charge >= 0.3 is 0 Å². The smallest absolute Gasteiger partial charge is 0.137 e. The maximum atomic E-state index is 8.11. The van der Waals surface area contributed by atoms with Gasteiger partial charge in [0, 0.05) is 11.3 Å². The number of hydrogen-bond acceptors (Lipinski definition) is 4. The van der Waals surface area contributed by atoms with Gasteiger partial charge in [0.25, 0.3) is 0 Å². The Morgan fingerprint density at radius 3 is 2.65 bits per heavy atom. The van der Waals surface area contributed by atoms with Gasteiger partial charge in [-0.25, -0.2) is 4.98 Å². The number of piperidine rings is 1. The predicted molar refractivity (Wildman–Crippen MR) is 105 cm³/mol. The first kappa shape index (κ1) is 18.2. The molecule has 1 fully saturated rings. The Morgan fingerprint density at radius 2 is 2.04 bits per heavy atom. The van der Waals surface area contributed by atoms with E-state index in [9.17, 15) is 0 Å². The van der Waals surface area contributed by atoms with Gasteiger partial charge in [0.1, 0.15) is 11.8 Å². The van der Waals surface area contributed by atoms with Crippen molar-refractivity contribution in [3.63, 3.8) is 0 Å². The minimum atomic E-state index is 0.500. The first-order chi connectivity index (χ1) is 12.8. The number of nitrogens with one attached hydrogen (secondary N) is 2. The van der Waals surface area contributed by atoms with Crippen molar-refractivity contribution in [2.75, 3.05) is 18.8 Å². The third-order valence-corrected chi connectivity index (χ3v) is 5.14. The summed E-state index contributed by atoms with van der Waals surface area (Å²) >= 11 is 0. The second-order valence-corrected chi connectivity index (χ2v) is 6.92. The number of anilines is 1. The molecule has 0 atom stereocenters. The molecule has 2 aliphatic rings. The number of aromatic nitrogens is 2. The SMILES string of the molecule is N#Cc1cnc[nH]1.Nc1ccc(C2CCNCC2)cc1C1=CCCCC1. The average molecular weight is 349 g/mol. The Labute approximate surface area is 155 Å². The van der Waals surface area contributed by atoms with Crippen LogP contribution in [-0.4, -0.2) is 23.1 Å². The Bertz CT molecular complexity index is 764. The van der Waals surface area contributed by atoms with E-state index in [1.807, 2.05) is 6.07 Å². The van der Waals surface area contributed by atoms with Gasteiger partial charge in [0.05, 0.1) is 12.5 Å².